The fourth-order valence-corrected chi connectivity index (χ4v) is 5.00. The van der Waals surface area contributed by atoms with Crippen molar-refractivity contribution in [1.82, 2.24) is 19.8 Å². The minimum absolute atomic E-state index is 0.00527. The van der Waals surface area contributed by atoms with E-state index in [9.17, 15) is 9.59 Å². The minimum atomic E-state index is -0.0464. The summed E-state index contributed by atoms with van der Waals surface area (Å²) in [5, 5.41) is 5.02. The molecule has 8 heteroatoms. The summed E-state index contributed by atoms with van der Waals surface area (Å²) in [5.74, 6) is 0.744. The number of H-pyrrole nitrogens is 1. The highest BCUT2D eigenvalue weighted by atomic mass is 32.2. The molecule has 0 aliphatic carbocycles. The standard InChI is InChI=1S/C27H27N5O2S/c33-25(29-22-8-5-6-20(16-22)19-35-26-10-3-4-11-28-26)18-31-12-14-32(15-13-31)27(34)24-17-21-7-1-2-9-23(21)30-24/h1-11,16-17,30H,12-15,18-19H2,(H,29,33). The van der Waals surface area contributed by atoms with Gasteiger partial charge in [-0.1, -0.05) is 36.4 Å². The molecule has 0 saturated carbocycles. The number of anilines is 1. The van der Waals surface area contributed by atoms with E-state index in [1.54, 1.807) is 18.0 Å². The summed E-state index contributed by atoms with van der Waals surface area (Å²) in [5.41, 5.74) is 3.49. The van der Waals surface area contributed by atoms with E-state index in [0.717, 1.165) is 32.9 Å². The molecule has 0 radical (unpaired) electrons. The monoisotopic (exact) mass is 485 g/mol. The number of piperazine rings is 1. The first-order valence-corrected chi connectivity index (χ1v) is 12.6. The van der Waals surface area contributed by atoms with Crippen LogP contribution < -0.4 is 5.32 Å². The largest absolute Gasteiger partial charge is 0.351 e. The van der Waals surface area contributed by atoms with Crippen LogP contribution in [0.25, 0.3) is 10.9 Å². The van der Waals surface area contributed by atoms with Gasteiger partial charge in [-0.05, 0) is 42.0 Å². The summed E-state index contributed by atoms with van der Waals surface area (Å²) < 4.78 is 0. The maximum atomic E-state index is 12.9. The number of benzene rings is 2. The van der Waals surface area contributed by atoms with Crippen LogP contribution >= 0.6 is 11.8 Å². The molecule has 178 valence electrons. The molecule has 2 aromatic carbocycles. The van der Waals surface area contributed by atoms with E-state index in [-0.39, 0.29) is 11.8 Å². The fourth-order valence-electron chi connectivity index (χ4n) is 4.20. The zero-order valence-corrected chi connectivity index (χ0v) is 20.1. The molecule has 3 heterocycles. The molecule has 1 saturated heterocycles. The van der Waals surface area contributed by atoms with Crippen LogP contribution in [0.4, 0.5) is 5.69 Å². The van der Waals surface area contributed by atoms with Gasteiger partial charge in [-0.3, -0.25) is 14.5 Å². The minimum Gasteiger partial charge on any atom is -0.351 e. The molecule has 2 aromatic heterocycles. The number of pyridine rings is 1. The lowest BCUT2D eigenvalue weighted by molar-refractivity contribution is -0.117. The lowest BCUT2D eigenvalue weighted by atomic mass is 10.2. The quantitative estimate of drug-likeness (QED) is 0.383. The third-order valence-electron chi connectivity index (χ3n) is 6.02. The van der Waals surface area contributed by atoms with E-state index >= 15 is 0 Å². The van der Waals surface area contributed by atoms with E-state index < -0.39 is 0 Å². The van der Waals surface area contributed by atoms with Crippen LogP contribution in [0.1, 0.15) is 16.1 Å². The Labute approximate surface area is 208 Å². The van der Waals surface area contributed by atoms with Crippen LogP contribution in [0, 0.1) is 0 Å². The van der Waals surface area contributed by atoms with Crippen molar-refractivity contribution >= 4 is 40.2 Å². The third kappa shape index (κ3) is 5.90. The Kier molecular flexibility index (Phi) is 7.11. The van der Waals surface area contributed by atoms with Crippen molar-refractivity contribution in [1.29, 1.82) is 0 Å². The molecular formula is C27H27N5O2S. The zero-order chi connectivity index (χ0) is 24.0. The van der Waals surface area contributed by atoms with Gasteiger partial charge < -0.3 is 15.2 Å². The van der Waals surface area contributed by atoms with Gasteiger partial charge in [0.15, 0.2) is 0 Å². The topological polar surface area (TPSA) is 81.3 Å². The van der Waals surface area contributed by atoms with E-state index in [1.807, 2.05) is 71.6 Å². The third-order valence-corrected chi connectivity index (χ3v) is 7.04. The number of para-hydroxylation sites is 1. The number of hydrogen-bond acceptors (Lipinski definition) is 5. The van der Waals surface area contributed by atoms with Crippen molar-refractivity contribution in [3.63, 3.8) is 0 Å². The number of carbonyl (C=O) groups is 2. The predicted molar refractivity (Wildman–Crippen MR) is 140 cm³/mol. The highest BCUT2D eigenvalue weighted by Crippen LogP contribution is 2.22. The number of rotatable bonds is 7. The summed E-state index contributed by atoms with van der Waals surface area (Å²) in [6.07, 6.45) is 1.79. The van der Waals surface area contributed by atoms with Gasteiger partial charge in [-0.25, -0.2) is 4.98 Å². The van der Waals surface area contributed by atoms with Gasteiger partial charge in [0.1, 0.15) is 5.69 Å². The molecule has 1 aliphatic rings. The summed E-state index contributed by atoms with van der Waals surface area (Å²) in [7, 11) is 0. The second-order valence-corrected chi connectivity index (χ2v) is 9.54. The molecule has 1 aliphatic heterocycles. The van der Waals surface area contributed by atoms with Gasteiger partial charge >= 0.3 is 0 Å². The Morgan fingerprint density at radius 1 is 0.943 bits per heavy atom. The zero-order valence-electron chi connectivity index (χ0n) is 19.3. The molecule has 0 spiro atoms. The van der Waals surface area contributed by atoms with Gasteiger partial charge in [0.25, 0.3) is 5.91 Å². The average Bonchev–Trinajstić information content (AvgIpc) is 3.33. The number of nitrogens with one attached hydrogen (secondary N) is 2. The molecule has 7 nitrogen and oxygen atoms in total. The number of nitrogens with zero attached hydrogens (tertiary/aromatic N) is 3. The molecule has 2 N–H and O–H groups in total. The maximum absolute atomic E-state index is 12.9. The Morgan fingerprint density at radius 3 is 2.57 bits per heavy atom. The molecule has 0 unspecified atom stereocenters. The van der Waals surface area contributed by atoms with E-state index in [1.165, 1.54) is 0 Å². The smallest absolute Gasteiger partial charge is 0.270 e. The fraction of sp³-hybridized carbons (Fsp3) is 0.222. The summed E-state index contributed by atoms with van der Waals surface area (Å²) in [6.45, 7) is 2.84. The van der Waals surface area contributed by atoms with Gasteiger partial charge in [-0.2, -0.15) is 0 Å². The van der Waals surface area contributed by atoms with Crippen molar-refractivity contribution < 1.29 is 9.59 Å². The van der Waals surface area contributed by atoms with Crippen LogP contribution in [0.15, 0.2) is 84.0 Å². The summed E-state index contributed by atoms with van der Waals surface area (Å²) in [4.78, 5) is 37.0. The second kappa shape index (κ2) is 10.8. The van der Waals surface area contributed by atoms with Crippen molar-refractivity contribution in [3.8, 4) is 0 Å². The van der Waals surface area contributed by atoms with Crippen LogP contribution in [-0.4, -0.2) is 64.3 Å². The Hall–Kier alpha value is -3.62. The molecule has 5 rings (SSSR count). The van der Waals surface area contributed by atoms with Gasteiger partial charge in [0.05, 0.1) is 11.6 Å². The highest BCUT2D eigenvalue weighted by Gasteiger charge is 2.24. The normalized spacial score (nSPS) is 14.2. The Morgan fingerprint density at radius 2 is 1.77 bits per heavy atom. The summed E-state index contributed by atoms with van der Waals surface area (Å²) in [6, 6.07) is 23.6. The van der Waals surface area contributed by atoms with Crippen molar-refractivity contribution in [2.45, 2.75) is 10.8 Å². The first-order valence-electron chi connectivity index (χ1n) is 11.7. The number of hydrogen-bond donors (Lipinski definition) is 2. The van der Waals surface area contributed by atoms with Crippen molar-refractivity contribution in [2.75, 3.05) is 38.0 Å². The molecule has 1 fully saturated rings. The molecule has 0 atom stereocenters. The van der Waals surface area contributed by atoms with Crippen LogP contribution in [-0.2, 0) is 10.5 Å². The summed E-state index contributed by atoms with van der Waals surface area (Å²) >= 11 is 1.66. The van der Waals surface area contributed by atoms with E-state index in [4.69, 9.17) is 0 Å². The molecule has 4 aromatic rings. The second-order valence-electron chi connectivity index (χ2n) is 8.54. The van der Waals surface area contributed by atoms with E-state index in [2.05, 4.69) is 26.3 Å². The SMILES string of the molecule is O=C(CN1CCN(C(=O)c2cc3ccccc3[nH]2)CC1)Nc1cccc(CSc2ccccn2)c1. The average molecular weight is 486 g/mol. The number of thioether (sulfide) groups is 1. The van der Waals surface area contributed by atoms with Crippen molar-refractivity contribution in [2.24, 2.45) is 0 Å². The number of aromatic nitrogens is 2. The van der Waals surface area contributed by atoms with Crippen LogP contribution in [0.5, 0.6) is 0 Å². The number of amides is 2. The molecule has 35 heavy (non-hydrogen) atoms. The molecule has 2 amide bonds. The highest BCUT2D eigenvalue weighted by molar-refractivity contribution is 7.98. The molecular weight excluding hydrogens is 458 g/mol. The number of aromatic amines is 1. The van der Waals surface area contributed by atoms with Gasteiger partial charge in [0, 0.05) is 54.7 Å². The van der Waals surface area contributed by atoms with Crippen LogP contribution in [0.3, 0.4) is 0 Å². The maximum Gasteiger partial charge on any atom is 0.270 e. The van der Waals surface area contributed by atoms with Gasteiger partial charge in [0.2, 0.25) is 5.91 Å². The lowest BCUT2D eigenvalue weighted by Crippen LogP contribution is -2.50. The van der Waals surface area contributed by atoms with Crippen molar-refractivity contribution in [3.05, 3.63) is 90.3 Å². The van der Waals surface area contributed by atoms with E-state index in [0.29, 0.717) is 38.4 Å². The first kappa shape index (κ1) is 23.1. The van der Waals surface area contributed by atoms with Crippen LogP contribution in [0.2, 0.25) is 0 Å². The lowest BCUT2D eigenvalue weighted by Gasteiger charge is -2.34. The number of fused-ring (bicyclic) bond motifs is 1. The Bertz CT molecular complexity index is 1280. The number of carbonyl (C=O) groups excluding carboxylic acids is 2. The first-order chi connectivity index (χ1) is 17.1. The van der Waals surface area contributed by atoms with Gasteiger partial charge in [-0.15, -0.1) is 11.8 Å². The Balaban J connectivity index is 1.09. The predicted octanol–water partition coefficient (Wildman–Crippen LogP) is 4.25. The molecule has 0 bridgehead atoms.